The van der Waals surface area contributed by atoms with Crippen LogP contribution in [0, 0.1) is 5.92 Å². The molecule has 0 spiro atoms. The Morgan fingerprint density at radius 1 is 1.06 bits per heavy atom. The first-order valence-electron chi connectivity index (χ1n) is 12.0. The van der Waals surface area contributed by atoms with Gasteiger partial charge in [-0.1, -0.05) is 51.0 Å². The molecule has 0 aromatic heterocycles. The summed E-state index contributed by atoms with van der Waals surface area (Å²) in [6.45, 7) is 9.75. The van der Waals surface area contributed by atoms with Crippen molar-refractivity contribution in [1.82, 2.24) is 5.32 Å². The Labute approximate surface area is 192 Å². The normalized spacial score (nSPS) is 14.1. The Morgan fingerprint density at radius 2 is 1.81 bits per heavy atom. The van der Waals surface area contributed by atoms with Crippen molar-refractivity contribution in [3.05, 3.63) is 59.2 Å². The third kappa shape index (κ3) is 5.90. The molecule has 0 radical (unpaired) electrons. The molecule has 0 bridgehead atoms. The molecule has 1 atom stereocenters. The van der Waals surface area contributed by atoms with E-state index < -0.39 is 0 Å². The van der Waals surface area contributed by atoms with E-state index in [2.05, 4.69) is 53.6 Å². The van der Waals surface area contributed by atoms with E-state index in [0.29, 0.717) is 11.3 Å². The first kappa shape index (κ1) is 23.8. The van der Waals surface area contributed by atoms with Gasteiger partial charge in [0.15, 0.2) is 0 Å². The van der Waals surface area contributed by atoms with Crippen molar-refractivity contribution < 1.29 is 9.59 Å². The standard InChI is InChI=1S/C27H37N3O2/c1-5-7-10-20(6-2)26(31)29-23-13-14-25(24(17-23)27(32)28-19(3)4)30-16-15-21-11-8-9-12-22(21)18-30/h8-9,11-14,17,19-20H,5-7,10,15-16,18H2,1-4H3,(H,28,32)(H,29,31)/t20-/m0/s1. The third-order valence-electron chi connectivity index (χ3n) is 6.17. The molecule has 3 rings (SSSR count). The molecule has 1 aliphatic rings. The molecule has 0 aliphatic carbocycles. The van der Waals surface area contributed by atoms with Gasteiger partial charge in [-0.25, -0.2) is 0 Å². The van der Waals surface area contributed by atoms with Gasteiger partial charge in [-0.2, -0.15) is 0 Å². The summed E-state index contributed by atoms with van der Waals surface area (Å²) in [5.74, 6) is -0.0695. The maximum atomic E-state index is 13.1. The van der Waals surface area contributed by atoms with Crippen LogP contribution in [0.4, 0.5) is 11.4 Å². The maximum absolute atomic E-state index is 13.1. The number of nitrogens with zero attached hydrogens (tertiary/aromatic N) is 1. The molecular weight excluding hydrogens is 398 g/mol. The van der Waals surface area contributed by atoms with Crippen LogP contribution >= 0.6 is 0 Å². The van der Waals surface area contributed by atoms with Gasteiger partial charge >= 0.3 is 0 Å². The number of benzene rings is 2. The van der Waals surface area contributed by atoms with E-state index in [-0.39, 0.29) is 23.8 Å². The van der Waals surface area contributed by atoms with Gasteiger partial charge in [0.1, 0.15) is 0 Å². The molecule has 0 fully saturated rings. The van der Waals surface area contributed by atoms with Crippen molar-refractivity contribution in [1.29, 1.82) is 0 Å². The van der Waals surface area contributed by atoms with Gasteiger partial charge in [-0.3, -0.25) is 9.59 Å². The summed E-state index contributed by atoms with van der Waals surface area (Å²) in [6.07, 6.45) is 4.79. The molecule has 0 saturated heterocycles. The predicted molar refractivity (Wildman–Crippen MR) is 132 cm³/mol. The zero-order valence-corrected chi connectivity index (χ0v) is 19.9. The number of anilines is 2. The molecule has 5 nitrogen and oxygen atoms in total. The first-order chi connectivity index (χ1) is 15.4. The van der Waals surface area contributed by atoms with E-state index in [9.17, 15) is 9.59 Å². The minimum Gasteiger partial charge on any atom is -0.366 e. The average Bonchev–Trinajstić information content (AvgIpc) is 2.78. The number of hydrogen-bond acceptors (Lipinski definition) is 3. The van der Waals surface area contributed by atoms with E-state index >= 15 is 0 Å². The summed E-state index contributed by atoms with van der Waals surface area (Å²) in [4.78, 5) is 28.2. The van der Waals surface area contributed by atoms with Gasteiger partial charge in [-0.15, -0.1) is 0 Å². The van der Waals surface area contributed by atoms with Crippen molar-refractivity contribution in [2.75, 3.05) is 16.8 Å². The number of amides is 2. The molecule has 0 unspecified atom stereocenters. The molecule has 2 N–H and O–H groups in total. The summed E-state index contributed by atoms with van der Waals surface area (Å²) in [6, 6.07) is 14.3. The van der Waals surface area contributed by atoms with E-state index in [1.54, 1.807) is 0 Å². The second-order valence-corrected chi connectivity index (χ2v) is 9.04. The first-order valence-corrected chi connectivity index (χ1v) is 12.0. The zero-order valence-electron chi connectivity index (χ0n) is 19.9. The Hall–Kier alpha value is -2.82. The number of hydrogen-bond donors (Lipinski definition) is 2. The fourth-order valence-electron chi connectivity index (χ4n) is 4.33. The summed E-state index contributed by atoms with van der Waals surface area (Å²) in [5.41, 5.74) is 4.87. The van der Waals surface area contributed by atoms with E-state index in [0.717, 1.165) is 50.9 Å². The van der Waals surface area contributed by atoms with Crippen molar-refractivity contribution in [2.45, 2.75) is 72.4 Å². The molecule has 1 aliphatic heterocycles. The fourth-order valence-corrected chi connectivity index (χ4v) is 4.33. The smallest absolute Gasteiger partial charge is 0.253 e. The third-order valence-corrected chi connectivity index (χ3v) is 6.17. The van der Waals surface area contributed by atoms with Crippen LogP contribution in [0.25, 0.3) is 0 Å². The fraction of sp³-hybridized carbons (Fsp3) is 0.481. The molecule has 5 heteroatoms. The summed E-state index contributed by atoms with van der Waals surface area (Å²) < 4.78 is 0. The lowest BCUT2D eigenvalue weighted by atomic mass is 9.97. The highest BCUT2D eigenvalue weighted by Gasteiger charge is 2.23. The number of carbonyl (C=O) groups excluding carboxylic acids is 2. The monoisotopic (exact) mass is 435 g/mol. The van der Waals surface area contributed by atoms with Gasteiger partial charge in [-0.05, 0) is 62.4 Å². The summed E-state index contributed by atoms with van der Waals surface area (Å²) >= 11 is 0. The van der Waals surface area contributed by atoms with Crippen molar-refractivity contribution >= 4 is 23.2 Å². The van der Waals surface area contributed by atoms with Crippen molar-refractivity contribution in [3.63, 3.8) is 0 Å². The molecule has 2 aromatic carbocycles. The van der Waals surface area contributed by atoms with Crippen LogP contribution in [0.15, 0.2) is 42.5 Å². The number of carbonyl (C=O) groups is 2. The van der Waals surface area contributed by atoms with Gasteiger partial charge in [0.25, 0.3) is 5.91 Å². The highest BCUT2D eigenvalue weighted by molar-refractivity contribution is 6.02. The molecule has 1 heterocycles. The summed E-state index contributed by atoms with van der Waals surface area (Å²) in [7, 11) is 0. The van der Waals surface area contributed by atoms with Crippen LogP contribution in [0.1, 0.15) is 74.9 Å². The van der Waals surface area contributed by atoms with E-state index in [4.69, 9.17) is 0 Å². The highest BCUT2D eigenvalue weighted by atomic mass is 16.2. The minimum absolute atomic E-state index is 0.00108. The van der Waals surface area contributed by atoms with Crippen LogP contribution in [-0.4, -0.2) is 24.4 Å². The zero-order chi connectivity index (χ0) is 23.1. The molecule has 32 heavy (non-hydrogen) atoms. The maximum Gasteiger partial charge on any atom is 0.253 e. The SMILES string of the molecule is CCCC[C@H](CC)C(=O)Nc1ccc(N2CCc3ccccc3C2)c(C(=O)NC(C)C)c1. The van der Waals surface area contributed by atoms with Gasteiger partial charge in [0, 0.05) is 36.4 Å². The number of fused-ring (bicyclic) bond motifs is 1. The predicted octanol–water partition coefficient (Wildman–Crippen LogP) is 5.54. The quantitative estimate of drug-likeness (QED) is 0.543. The Balaban J connectivity index is 1.86. The van der Waals surface area contributed by atoms with Crippen LogP contribution in [-0.2, 0) is 17.8 Å². The Kier molecular flexibility index (Phi) is 8.32. The lowest BCUT2D eigenvalue weighted by Crippen LogP contribution is -2.35. The molecule has 2 aromatic rings. The van der Waals surface area contributed by atoms with E-state index in [1.165, 1.54) is 11.1 Å². The lowest BCUT2D eigenvalue weighted by molar-refractivity contribution is -0.120. The number of nitrogens with one attached hydrogen (secondary N) is 2. The second kappa shape index (κ2) is 11.2. The largest absolute Gasteiger partial charge is 0.366 e. The van der Waals surface area contributed by atoms with Gasteiger partial charge < -0.3 is 15.5 Å². The minimum atomic E-state index is -0.108. The number of unbranched alkanes of at least 4 members (excludes halogenated alkanes) is 1. The van der Waals surface area contributed by atoms with Crippen LogP contribution in [0.3, 0.4) is 0 Å². The molecule has 0 saturated carbocycles. The van der Waals surface area contributed by atoms with Crippen molar-refractivity contribution in [2.24, 2.45) is 5.92 Å². The highest BCUT2D eigenvalue weighted by Crippen LogP contribution is 2.30. The van der Waals surface area contributed by atoms with E-state index in [1.807, 2.05) is 32.0 Å². The molecular formula is C27H37N3O2. The molecule has 172 valence electrons. The topological polar surface area (TPSA) is 61.4 Å². The van der Waals surface area contributed by atoms with Gasteiger partial charge in [0.2, 0.25) is 5.91 Å². The van der Waals surface area contributed by atoms with Crippen LogP contribution in [0.5, 0.6) is 0 Å². The summed E-state index contributed by atoms with van der Waals surface area (Å²) in [5, 5.41) is 6.08. The second-order valence-electron chi connectivity index (χ2n) is 9.04. The lowest BCUT2D eigenvalue weighted by Gasteiger charge is -2.32. The average molecular weight is 436 g/mol. The Bertz CT molecular complexity index is 938. The van der Waals surface area contributed by atoms with Crippen LogP contribution in [0.2, 0.25) is 0 Å². The van der Waals surface area contributed by atoms with Crippen molar-refractivity contribution in [3.8, 4) is 0 Å². The number of rotatable bonds is 9. The Morgan fingerprint density at radius 3 is 2.50 bits per heavy atom. The van der Waals surface area contributed by atoms with Gasteiger partial charge in [0.05, 0.1) is 5.56 Å². The molecule has 2 amide bonds. The van der Waals surface area contributed by atoms with Crippen LogP contribution < -0.4 is 15.5 Å².